The largest absolute Gasteiger partial charge is 0.351 e. The summed E-state index contributed by atoms with van der Waals surface area (Å²) in [6, 6.07) is 7.46. The van der Waals surface area contributed by atoms with E-state index in [1.807, 2.05) is 24.3 Å². The zero-order chi connectivity index (χ0) is 19.2. The number of carbonyl (C=O) groups is 1. The van der Waals surface area contributed by atoms with Gasteiger partial charge in [0.1, 0.15) is 0 Å². The van der Waals surface area contributed by atoms with E-state index in [1.165, 1.54) is 38.6 Å². The molecular weight excluding hydrogens is 352 g/mol. The average Bonchev–Trinajstić information content (AvgIpc) is 3.24. The maximum atomic E-state index is 12.3. The fourth-order valence-corrected chi connectivity index (χ4v) is 4.50. The monoisotopic (exact) mass is 382 g/mol. The second-order valence-corrected chi connectivity index (χ2v) is 8.20. The normalized spacial score (nSPS) is 19.6. The molecular formula is C22H30N4O2. The highest BCUT2D eigenvalue weighted by Crippen LogP contribution is 2.30. The van der Waals surface area contributed by atoms with E-state index in [-0.39, 0.29) is 11.7 Å². The van der Waals surface area contributed by atoms with Gasteiger partial charge in [0, 0.05) is 24.7 Å². The van der Waals surface area contributed by atoms with Gasteiger partial charge in [-0.1, -0.05) is 30.5 Å². The molecule has 0 aromatic carbocycles. The molecule has 3 heterocycles. The fraction of sp³-hybridized carbons (Fsp3) is 0.591. The van der Waals surface area contributed by atoms with Crippen molar-refractivity contribution in [1.82, 2.24) is 20.4 Å². The number of pyridine rings is 1. The quantitative estimate of drug-likeness (QED) is 0.824. The first-order valence-electron chi connectivity index (χ1n) is 10.6. The molecule has 1 saturated heterocycles. The number of amides is 1. The number of nitrogens with zero attached hydrogens (tertiary/aromatic N) is 3. The van der Waals surface area contributed by atoms with Crippen LogP contribution < -0.4 is 5.32 Å². The highest BCUT2D eigenvalue weighted by atomic mass is 16.5. The van der Waals surface area contributed by atoms with E-state index in [2.05, 4.69) is 20.4 Å². The topological polar surface area (TPSA) is 71.3 Å². The third-order valence-electron chi connectivity index (χ3n) is 6.16. The van der Waals surface area contributed by atoms with Crippen molar-refractivity contribution in [1.29, 1.82) is 0 Å². The molecule has 150 valence electrons. The Kier molecular flexibility index (Phi) is 6.37. The zero-order valence-electron chi connectivity index (χ0n) is 16.5. The smallest absolute Gasteiger partial charge is 0.290 e. The predicted octanol–water partition coefficient (Wildman–Crippen LogP) is 3.76. The van der Waals surface area contributed by atoms with E-state index in [0.29, 0.717) is 12.5 Å². The molecule has 6 heteroatoms. The molecule has 0 bridgehead atoms. The highest BCUT2D eigenvalue weighted by molar-refractivity contribution is 5.91. The van der Waals surface area contributed by atoms with Crippen LogP contribution in [0, 0.1) is 5.92 Å². The van der Waals surface area contributed by atoms with Crippen molar-refractivity contribution in [3.8, 4) is 0 Å². The van der Waals surface area contributed by atoms with Crippen LogP contribution in [-0.2, 0) is 6.54 Å². The van der Waals surface area contributed by atoms with Crippen molar-refractivity contribution < 1.29 is 9.32 Å². The summed E-state index contributed by atoms with van der Waals surface area (Å²) in [4.78, 5) is 19.1. The molecule has 1 N–H and O–H groups in total. The Labute approximate surface area is 166 Å². The van der Waals surface area contributed by atoms with Gasteiger partial charge in [0.2, 0.25) is 5.76 Å². The number of nitrogens with one attached hydrogen (secondary N) is 1. The number of aromatic nitrogens is 2. The van der Waals surface area contributed by atoms with Gasteiger partial charge in [0.05, 0.1) is 17.9 Å². The van der Waals surface area contributed by atoms with E-state index in [0.717, 1.165) is 43.2 Å². The Morgan fingerprint density at radius 2 is 1.96 bits per heavy atom. The zero-order valence-corrected chi connectivity index (χ0v) is 16.5. The van der Waals surface area contributed by atoms with Crippen molar-refractivity contribution >= 4 is 5.91 Å². The summed E-state index contributed by atoms with van der Waals surface area (Å²) in [5.74, 6) is 1.34. The van der Waals surface area contributed by atoms with Gasteiger partial charge in [-0.15, -0.1) is 0 Å². The van der Waals surface area contributed by atoms with Gasteiger partial charge in [-0.25, -0.2) is 0 Å². The molecule has 4 rings (SSSR count). The predicted molar refractivity (Wildman–Crippen MR) is 107 cm³/mol. The summed E-state index contributed by atoms with van der Waals surface area (Å²) >= 11 is 0. The minimum atomic E-state index is -0.237. The lowest BCUT2D eigenvalue weighted by atomic mass is 9.87. The lowest BCUT2D eigenvalue weighted by Crippen LogP contribution is -2.37. The van der Waals surface area contributed by atoms with Crippen molar-refractivity contribution in [3.63, 3.8) is 0 Å². The molecule has 2 aliphatic rings. The molecule has 2 aromatic rings. The van der Waals surface area contributed by atoms with E-state index in [1.54, 1.807) is 6.20 Å². The van der Waals surface area contributed by atoms with Crippen LogP contribution in [0.3, 0.4) is 0 Å². The van der Waals surface area contributed by atoms with Gasteiger partial charge < -0.3 is 14.7 Å². The maximum Gasteiger partial charge on any atom is 0.290 e. The maximum absolute atomic E-state index is 12.3. The molecule has 1 saturated carbocycles. The molecule has 2 aromatic heterocycles. The molecule has 0 unspecified atom stereocenters. The number of likely N-dealkylation sites (tertiary alicyclic amines) is 1. The van der Waals surface area contributed by atoms with Gasteiger partial charge in [-0.05, 0) is 56.8 Å². The Hall–Kier alpha value is -2.21. The molecule has 0 radical (unpaired) electrons. The summed E-state index contributed by atoms with van der Waals surface area (Å²) in [6.45, 7) is 3.88. The first kappa shape index (κ1) is 19.1. The van der Waals surface area contributed by atoms with Crippen LogP contribution >= 0.6 is 0 Å². The van der Waals surface area contributed by atoms with Crippen molar-refractivity contribution in [2.24, 2.45) is 5.92 Å². The summed E-state index contributed by atoms with van der Waals surface area (Å²) in [6.07, 6.45) is 10.9. The molecule has 2 fully saturated rings. The Balaban J connectivity index is 1.24. The van der Waals surface area contributed by atoms with Crippen molar-refractivity contribution in [3.05, 3.63) is 47.6 Å². The minimum absolute atomic E-state index is 0.237. The lowest BCUT2D eigenvalue weighted by Gasteiger charge is -2.34. The Bertz CT molecular complexity index is 747. The van der Waals surface area contributed by atoms with Gasteiger partial charge in [-0.2, -0.15) is 0 Å². The molecule has 28 heavy (non-hydrogen) atoms. The molecule has 1 aliphatic heterocycles. The first-order valence-corrected chi connectivity index (χ1v) is 10.6. The van der Waals surface area contributed by atoms with Crippen molar-refractivity contribution in [2.75, 3.05) is 19.6 Å². The van der Waals surface area contributed by atoms with Gasteiger partial charge in [-0.3, -0.25) is 9.78 Å². The van der Waals surface area contributed by atoms with Crippen LogP contribution in [0.25, 0.3) is 0 Å². The number of hydrogen-bond acceptors (Lipinski definition) is 5. The van der Waals surface area contributed by atoms with Crippen LogP contribution in [0.2, 0.25) is 0 Å². The lowest BCUT2D eigenvalue weighted by molar-refractivity contribution is 0.0913. The summed E-state index contributed by atoms with van der Waals surface area (Å²) < 4.78 is 5.32. The van der Waals surface area contributed by atoms with Crippen molar-refractivity contribution in [2.45, 2.75) is 57.4 Å². The molecule has 0 spiro atoms. The number of hydrogen-bond donors (Lipinski definition) is 1. The highest BCUT2D eigenvalue weighted by Gasteiger charge is 2.26. The molecule has 0 atom stereocenters. The fourth-order valence-electron chi connectivity index (χ4n) is 4.50. The summed E-state index contributed by atoms with van der Waals surface area (Å²) in [5, 5.41) is 7.03. The average molecular weight is 383 g/mol. The van der Waals surface area contributed by atoms with E-state index < -0.39 is 0 Å². The van der Waals surface area contributed by atoms with Gasteiger partial charge >= 0.3 is 0 Å². The van der Waals surface area contributed by atoms with Gasteiger partial charge in [0.15, 0.2) is 0 Å². The second kappa shape index (κ2) is 9.32. The molecule has 1 aliphatic carbocycles. The molecule has 6 nitrogen and oxygen atoms in total. The Morgan fingerprint density at radius 1 is 1.14 bits per heavy atom. The Morgan fingerprint density at radius 3 is 2.71 bits per heavy atom. The molecule has 1 amide bonds. The van der Waals surface area contributed by atoms with Gasteiger partial charge in [0.25, 0.3) is 5.91 Å². The summed E-state index contributed by atoms with van der Waals surface area (Å²) in [5.41, 5.74) is 1.74. The number of rotatable bonds is 6. The van der Waals surface area contributed by atoms with Crippen LogP contribution in [0.4, 0.5) is 0 Å². The van der Waals surface area contributed by atoms with Crippen LogP contribution in [0.5, 0.6) is 0 Å². The standard InChI is InChI=1S/C22H30N4O2/c27-22(24-15-19-8-4-5-11-23-19)21-14-20(25-28-21)18-9-12-26(13-10-18)16-17-6-2-1-3-7-17/h4-5,8,11,14,17-18H,1-3,6-7,9-10,12-13,15-16H2,(H,24,27). The van der Waals surface area contributed by atoms with Crippen LogP contribution in [0.15, 0.2) is 35.0 Å². The van der Waals surface area contributed by atoms with Crippen LogP contribution in [-0.4, -0.2) is 40.6 Å². The third-order valence-corrected chi connectivity index (χ3v) is 6.16. The van der Waals surface area contributed by atoms with E-state index >= 15 is 0 Å². The van der Waals surface area contributed by atoms with E-state index in [9.17, 15) is 4.79 Å². The SMILES string of the molecule is O=C(NCc1ccccn1)c1cc(C2CCN(CC3CCCCC3)CC2)no1. The first-order chi connectivity index (χ1) is 13.8. The third kappa shape index (κ3) is 4.98. The number of carbonyl (C=O) groups excluding carboxylic acids is 1. The second-order valence-electron chi connectivity index (χ2n) is 8.20. The van der Waals surface area contributed by atoms with Crippen LogP contribution in [0.1, 0.15) is 72.8 Å². The minimum Gasteiger partial charge on any atom is -0.351 e. The summed E-state index contributed by atoms with van der Waals surface area (Å²) in [7, 11) is 0. The van der Waals surface area contributed by atoms with E-state index in [4.69, 9.17) is 4.52 Å². The number of piperidine rings is 1.